The number of benzene rings is 3. The Labute approximate surface area is 194 Å². The van der Waals surface area contributed by atoms with Gasteiger partial charge in [-0.05, 0) is 54.5 Å². The van der Waals surface area contributed by atoms with Crippen LogP contribution in [0, 0.1) is 0 Å². The van der Waals surface area contributed by atoms with E-state index < -0.39 is 0 Å². The molecular formula is C28H20N2O2S. The Morgan fingerprint density at radius 1 is 0.848 bits per heavy atom. The van der Waals surface area contributed by atoms with E-state index >= 15 is 0 Å². The fourth-order valence-electron chi connectivity index (χ4n) is 4.56. The number of thiophene rings is 1. The quantitative estimate of drug-likeness (QED) is 0.221. The zero-order chi connectivity index (χ0) is 22.7. The van der Waals surface area contributed by atoms with Crippen molar-refractivity contribution in [2.75, 3.05) is 0 Å². The molecule has 0 unspecified atom stereocenters. The Bertz CT molecular complexity index is 1560. The number of hydrogen-bond donors (Lipinski definition) is 0. The first-order valence-electron chi connectivity index (χ1n) is 10.9. The molecule has 0 aliphatic heterocycles. The van der Waals surface area contributed by atoms with E-state index in [0.29, 0.717) is 17.0 Å². The van der Waals surface area contributed by atoms with Gasteiger partial charge in [-0.15, -0.1) is 11.3 Å². The maximum absolute atomic E-state index is 13.2. The Morgan fingerprint density at radius 2 is 1.45 bits per heavy atom. The molecule has 2 heterocycles. The first kappa shape index (κ1) is 19.8. The van der Waals surface area contributed by atoms with Crippen LogP contribution in [0.25, 0.3) is 37.6 Å². The molecule has 0 saturated carbocycles. The Balaban J connectivity index is 1.47. The second-order valence-corrected chi connectivity index (χ2v) is 9.59. The highest BCUT2D eigenvalue weighted by atomic mass is 32.1. The fraction of sp³-hybridized carbons (Fsp3) is 0.107. The van der Waals surface area contributed by atoms with Crippen molar-refractivity contribution in [1.29, 1.82) is 0 Å². The Hall–Kier alpha value is -3.83. The van der Waals surface area contributed by atoms with Crippen LogP contribution in [0.15, 0.2) is 78.4 Å². The summed E-state index contributed by atoms with van der Waals surface area (Å²) in [6.07, 6.45) is 1.67. The molecule has 0 amide bonds. The van der Waals surface area contributed by atoms with Crippen molar-refractivity contribution in [3.05, 3.63) is 95.3 Å². The minimum absolute atomic E-state index is 0.122. The zero-order valence-corrected chi connectivity index (χ0v) is 19.0. The number of hydrogen-bond acceptors (Lipinski definition) is 4. The van der Waals surface area contributed by atoms with Crippen molar-refractivity contribution in [3.8, 4) is 10.4 Å². The average Bonchev–Trinajstić information content (AvgIpc) is 3.44. The molecule has 0 N–H and O–H groups in total. The van der Waals surface area contributed by atoms with E-state index in [0.717, 1.165) is 31.6 Å². The standard InChI is InChI=1S/C28H20N2O2S/c1-16(2)30-23-15-24(17-8-4-3-5-9-17)33-28(23)29-25(30)14-22-26(31)20-12-18-10-6-7-11-19(18)13-21(20)27(22)32/h3-16H,1-2H3. The van der Waals surface area contributed by atoms with Crippen LogP contribution in [0.4, 0.5) is 0 Å². The summed E-state index contributed by atoms with van der Waals surface area (Å²) in [5.41, 5.74) is 3.30. The van der Waals surface area contributed by atoms with Crippen molar-refractivity contribution in [2.24, 2.45) is 0 Å². The molecule has 5 heteroatoms. The lowest BCUT2D eigenvalue weighted by molar-refractivity contribution is 0.0990. The fourth-order valence-corrected chi connectivity index (χ4v) is 5.60. The lowest BCUT2D eigenvalue weighted by Crippen LogP contribution is -2.06. The van der Waals surface area contributed by atoms with Crippen LogP contribution >= 0.6 is 11.3 Å². The van der Waals surface area contributed by atoms with Crippen LogP contribution in [-0.2, 0) is 0 Å². The molecule has 2 aromatic heterocycles. The molecule has 0 atom stereocenters. The van der Waals surface area contributed by atoms with Crippen molar-refractivity contribution in [3.63, 3.8) is 0 Å². The summed E-state index contributed by atoms with van der Waals surface area (Å²) in [6, 6.07) is 23.9. The highest BCUT2D eigenvalue weighted by Crippen LogP contribution is 2.37. The van der Waals surface area contributed by atoms with E-state index in [2.05, 4.69) is 36.6 Å². The van der Waals surface area contributed by atoms with Gasteiger partial charge in [0, 0.05) is 22.0 Å². The van der Waals surface area contributed by atoms with E-state index in [4.69, 9.17) is 4.98 Å². The number of rotatable bonds is 3. The van der Waals surface area contributed by atoms with E-state index in [1.54, 1.807) is 17.4 Å². The van der Waals surface area contributed by atoms with Crippen LogP contribution in [0.3, 0.4) is 0 Å². The normalized spacial score (nSPS) is 13.5. The largest absolute Gasteiger partial charge is 0.321 e. The van der Waals surface area contributed by atoms with Gasteiger partial charge in [-0.2, -0.15) is 0 Å². The Morgan fingerprint density at radius 3 is 2.06 bits per heavy atom. The second kappa shape index (κ2) is 7.36. The average molecular weight is 449 g/mol. The molecule has 0 spiro atoms. The van der Waals surface area contributed by atoms with Gasteiger partial charge in [0.25, 0.3) is 0 Å². The summed E-state index contributed by atoms with van der Waals surface area (Å²) < 4.78 is 2.10. The van der Waals surface area contributed by atoms with Crippen LogP contribution in [0.1, 0.15) is 46.4 Å². The second-order valence-electron chi connectivity index (χ2n) is 8.56. The number of ketones is 2. The molecule has 6 rings (SSSR count). The summed E-state index contributed by atoms with van der Waals surface area (Å²) in [7, 11) is 0. The molecule has 0 fully saturated rings. The summed E-state index contributed by atoms with van der Waals surface area (Å²) in [6.45, 7) is 4.17. The predicted octanol–water partition coefficient (Wildman–Crippen LogP) is 6.96. The number of aromatic nitrogens is 2. The molecule has 3 aromatic carbocycles. The third-order valence-electron chi connectivity index (χ3n) is 6.13. The Kier molecular flexibility index (Phi) is 4.42. The summed E-state index contributed by atoms with van der Waals surface area (Å²) in [5.74, 6) is 0.180. The van der Waals surface area contributed by atoms with Crippen molar-refractivity contribution < 1.29 is 9.59 Å². The van der Waals surface area contributed by atoms with Crippen molar-refractivity contribution >= 4 is 50.1 Å². The number of carbonyl (C=O) groups excluding carboxylic acids is 2. The third kappa shape index (κ3) is 3.08. The lowest BCUT2D eigenvalue weighted by atomic mass is 10.0. The van der Waals surface area contributed by atoms with Gasteiger partial charge in [-0.25, -0.2) is 4.98 Å². The zero-order valence-electron chi connectivity index (χ0n) is 18.2. The van der Waals surface area contributed by atoms with Crippen molar-refractivity contribution in [2.45, 2.75) is 19.9 Å². The van der Waals surface area contributed by atoms with Gasteiger partial charge in [-0.3, -0.25) is 9.59 Å². The number of fused-ring (bicyclic) bond motifs is 3. The third-order valence-corrected chi connectivity index (χ3v) is 7.20. The summed E-state index contributed by atoms with van der Waals surface area (Å²) in [5, 5.41) is 1.91. The highest BCUT2D eigenvalue weighted by Gasteiger charge is 2.34. The molecule has 160 valence electrons. The predicted molar refractivity (Wildman–Crippen MR) is 134 cm³/mol. The maximum atomic E-state index is 13.2. The SMILES string of the molecule is CC(C)n1c(C=C2C(=O)c3cc4ccccc4cc3C2=O)nc2sc(-c3ccccc3)cc21. The van der Waals surface area contributed by atoms with Gasteiger partial charge in [0.1, 0.15) is 10.7 Å². The van der Waals surface area contributed by atoms with Crippen LogP contribution in [-0.4, -0.2) is 21.1 Å². The molecule has 0 bridgehead atoms. The molecule has 1 aliphatic carbocycles. The van der Waals surface area contributed by atoms with Gasteiger partial charge >= 0.3 is 0 Å². The van der Waals surface area contributed by atoms with Gasteiger partial charge in [0.2, 0.25) is 0 Å². The lowest BCUT2D eigenvalue weighted by Gasteiger charge is -2.10. The van der Waals surface area contributed by atoms with Crippen LogP contribution in [0.5, 0.6) is 0 Å². The molecular weight excluding hydrogens is 428 g/mol. The molecule has 0 radical (unpaired) electrons. The number of nitrogens with zero attached hydrogens (tertiary/aromatic N) is 2. The van der Waals surface area contributed by atoms with Gasteiger partial charge in [0.15, 0.2) is 11.6 Å². The number of allylic oxidation sites excluding steroid dienone is 1. The smallest absolute Gasteiger partial charge is 0.197 e. The molecule has 0 saturated heterocycles. The van der Waals surface area contributed by atoms with E-state index in [-0.39, 0.29) is 23.2 Å². The van der Waals surface area contributed by atoms with Gasteiger partial charge in [-0.1, -0.05) is 54.6 Å². The molecule has 4 nitrogen and oxygen atoms in total. The van der Waals surface area contributed by atoms with Gasteiger partial charge in [0.05, 0.1) is 11.1 Å². The summed E-state index contributed by atoms with van der Waals surface area (Å²) in [4.78, 5) is 33.3. The maximum Gasteiger partial charge on any atom is 0.197 e. The first-order valence-corrected chi connectivity index (χ1v) is 11.7. The number of imidazole rings is 1. The minimum atomic E-state index is -0.229. The van der Waals surface area contributed by atoms with Crippen LogP contribution in [0.2, 0.25) is 0 Å². The first-order chi connectivity index (χ1) is 16.0. The minimum Gasteiger partial charge on any atom is -0.321 e. The number of carbonyl (C=O) groups is 2. The van der Waals surface area contributed by atoms with E-state index in [1.165, 1.54) is 0 Å². The molecule has 33 heavy (non-hydrogen) atoms. The molecule has 1 aliphatic rings. The van der Waals surface area contributed by atoms with E-state index in [1.807, 2.05) is 54.6 Å². The highest BCUT2D eigenvalue weighted by molar-refractivity contribution is 7.21. The van der Waals surface area contributed by atoms with Crippen LogP contribution < -0.4 is 0 Å². The van der Waals surface area contributed by atoms with Crippen molar-refractivity contribution in [1.82, 2.24) is 9.55 Å². The van der Waals surface area contributed by atoms with Gasteiger partial charge < -0.3 is 4.57 Å². The summed E-state index contributed by atoms with van der Waals surface area (Å²) >= 11 is 1.62. The molecule has 5 aromatic rings. The topological polar surface area (TPSA) is 52.0 Å². The van der Waals surface area contributed by atoms with E-state index in [9.17, 15) is 9.59 Å². The monoisotopic (exact) mass is 448 g/mol. The number of Topliss-reactive ketones (excluding diaryl/α,β-unsaturated/α-hetero) is 2.